The Kier molecular flexibility index (Phi) is 2.96. The Morgan fingerprint density at radius 1 is 1.11 bits per heavy atom. The van der Waals surface area contributed by atoms with Crippen LogP contribution in [0.2, 0.25) is 0 Å². The lowest BCUT2D eigenvalue weighted by molar-refractivity contribution is 0.174. The van der Waals surface area contributed by atoms with Crippen LogP contribution in [0, 0.1) is 0 Å². The van der Waals surface area contributed by atoms with E-state index in [1.807, 2.05) is 18.2 Å². The number of hydrogen-bond acceptors (Lipinski definition) is 4. The summed E-state index contributed by atoms with van der Waals surface area (Å²) in [5.74, 6) is 2.08. The van der Waals surface area contributed by atoms with Gasteiger partial charge in [0.1, 0.15) is 0 Å². The summed E-state index contributed by atoms with van der Waals surface area (Å²) in [5.41, 5.74) is 0.864. The summed E-state index contributed by atoms with van der Waals surface area (Å²) in [6.07, 6.45) is 3.53. The summed E-state index contributed by atoms with van der Waals surface area (Å²) in [6.45, 7) is 2.13. The van der Waals surface area contributed by atoms with E-state index < -0.39 is 0 Å². The molecule has 1 aromatic rings. The molecule has 0 aliphatic carbocycles. The molecule has 18 heavy (non-hydrogen) atoms. The van der Waals surface area contributed by atoms with Crippen LogP contribution in [0.1, 0.15) is 24.8 Å². The Balaban J connectivity index is 1.87. The van der Waals surface area contributed by atoms with Crippen LogP contribution in [0.3, 0.4) is 0 Å². The second-order valence-corrected chi connectivity index (χ2v) is 4.54. The Labute approximate surface area is 106 Å². The molecule has 0 aromatic heterocycles. The Morgan fingerprint density at radius 2 is 1.89 bits per heavy atom. The third-order valence-electron chi connectivity index (χ3n) is 3.38. The molecule has 0 spiro atoms. The summed E-state index contributed by atoms with van der Waals surface area (Å²) < 4.78 is 10.6. The molecule has 2 aliphatic rings. The van der Waals surface area contributed by atoms with Gasteiger partial charge < -0.3 is 19.6 Å². The van der Waals surface area contributed by atoms with Crippen LogP contribution in [0.25, 0.3) is 0 Å². The minimum Gasteiger partial charge on any atom is -0.454 e. The summed E-state index contributed by atoms with van der Waals surface area (Å²) >= 11 is 0. The van der Waals surface area contributed by atoms with Crippen LogP contribution in [0.5, 0.6) is 11.5 Å². The SMILES string of the molecule is ON=C(c1ccc2c(c1)OCO2)N1CCCCC1. The molecule has 1 saturated heterocycles. The molecule has 1 N–H and O–H groups in total. The lowest BCUT2D eigenvalue weighted by Crippen LogP contribution is -2.36. The van der Waals surface area contributed by atoms with E-state index in [1.165, 1.54) is 6.42 Å². The molecular formula is C13H16N2O3. The van der Waals surface area contributed by atoms with E-state index in [0.29, 0.717) is 11.6 Å². The third-order valence-corrected chi connectivity index (χ3v) is 3.38. The van der Waals surface area contributed by atoms with E-state index in [-0.39, 0.29) is 6.79 Å². The fraction of sp³-hybridized carbons (Fsp3) is 0.462. The van der Waals surface area contributed by atoms with Crippen LogP contribution in [0.4, 0.5) is 0 Å². The highest BCUT2D eigenvalue weighted by atomic mass is 16.7. The quantitative estimate of drug-likeness (QED) is 0.357. The minimum absolute atomic E-state index is 0.258. The molecular weight excluding hydrogens is 232 g/mol. The minimum atomic E-state index is 0.258. The Hall–Kier alpha value is -1.91. The van der Waals surface area contributed by atoms with E-state index >= 15 is 0 Å². The lowest BCUT2D eigenvalue weighted by Gasteiger charge is -2.28. The van der Waals surface area contributed by atoms with Crippen molar-refractivity contribution in [3.8, 4) is 11.5 Å². The predicted octanol–water partition coefficient (Wildman–Crippen LogP) is 2.04. The van der Waals surface area contributed by atoms with E-state index in [4.69, 9.17) is 9.47 Å². The lowest BCUT2D eigenvalue weighted by atomic mass is 10.1. The third kappa shape index (κ3) is 1.96. The van der Waals surface area contributed by atoms with Gasteiger partial charge in [-0.15, -0.1) is 0 Å². The summed E-state index contributed by atoms with van der Waals surface area (Å²) in [4.78, 5) is 2.11. The van der Waals surface area contributed by atoms with Crippen molar-refractivity contribution in [1.82, 2.24) is 4.90 Å². The van der Waals surface area contributed by atoms with E-state index in [1.54, 1.807) is 0 Å². The fourth-order valence-electron chi connectivity index (χ4n) is 2.44. The molecule has 0 saturated carbocycles. The Bertz CT molecular complexity index is 467. The highest BCUT2D eigenvalue weighted by Gasteiger charge is 2.20. The molecule has 1 fully saturated rings. The van der Waals surface area contributed by atoms with E-state index in [9.17, 15) is 5.21 Å². The molecule has 0 radical (unpaired) electrons. The maximum absolute atomic E-state index is 9.25. The van der Waals surface area contributed by atoms with Gasteiger partial charge in [-0.2, -0.15) is 0 Å². The molecule has 0 bridgehead atoms. The van der Waals surface area contributed by atoms with Gasteiger partial charge in [-0.05, 0) is 37.5 Å². The maximum Gasteiger partial charge on any atom is 0.231 e. The van der Waals surface area contributed by atoms with Crippen molar-refractivity contribution in [2.24, 2.45) is 5.16 Å². The van der Waals surface area contributed by atoms with Gasteiger partial charge in [-0.3, -0.25) is 0 Å². The van der Waals surface area contributed by atoms with Crippen molar-refractivity contribution >= 4 is 5.84 Å². The van der Waals surface area contributed by atoms with Gasteiger partial charge in [-0.25, -0.2) is 0 Å². The number of benzene rings is 1. The number of fused-ring (bicyclic) bond motifs is 1. The zero-order valence-electron chi connectivity index (χ0n) is 10.1. The standard InChI is InChI=1S/C13H16N2O3/c16-14-13(15-6-2-1-3-7-15)10-4-5-11-12(8-10)18-9-17-11/h4-5,8,16H,1-3,6-7,9H2. The first-order valence-corrected chi connectivity index (χ1v) is 6.25. The normalized spacial score (nSPS) is 19.1. The molecule has 2 aliphatic heterocycles. The number of ether oxygens (including phenoxy) is 2. The molecule has 0 atom stereocenters. The molecule has 5 heteroatoms. The maximum atomic E-state index is 9.25. The highest BCUT2D eigenvalue weighted by Crippen LogP contribution is 2.33. The average Bonchev–Trinajstić information content (AvgIpc) is 2.88. The van der Waals surface area contributed by atoms with Gasteiger partial charge in [0.05, 0.1) is 0 Å². The first-order valence-electron chi connectivity index (χ1n) is 6.25. The smallest absolute Gasteiger partial charge is 0.231 e. The van der Waals surface area contributed by atoms with Crippen molar-refractivity contribution in [3.05, 3.63) is 23.8 Å². The van der Waals surface area contributed by atoms with Crippen molar-refractivity contribution in [3.63, 3.8) is 0 Å². The van der Waals surface area contributed by atoms with Gasteiger partial charge in [0.15, 0.2) is 17.3 Å². The molecule has 0 amide bonds. The van der Waals surface area contributed by atoms with Crippen molar-refractivity contribution in [1.29, 1.82) is 0 Å². The predicted molar refractivity (Wildman–Crippen MR) is 66.3 cm³/mol. The summed E-state index contributed by atoms with van der Waals surface area (Å²) in [7, 11) is 0. The number of likely N-dealkylation sites (tertiary alicyclic amines) is 1. The van der Waals surface area contributed by atoms with Crippen LogP contribution in [0.15, 0.2) is 23.4 Å². The monoisotopic (exact) mass is 248 g/mol. The zero-order valence-corrected chi connectivity index (χ0v) is 10.1. The second-order valence-electron chi connectivity index (χ2n) is 4.54. The van der Waals surface area contributed by atoms with Crippen LogP contribution in [-0.2, 0) is 0 Å². The second kappa shape index (κ2) is 4.76. The molecule has 0 unspecified atom stereocenters. The van der Waals surface area contributed by atoms with Gasteiger partial charge in [0, 0.05) is 18.7 Å². The van der Waals surface area contributed by atoms with E-state index in [2.05, 4.69) is 10.1 Å². The molecule has 2 heterocycles. The molecule has 96 valence electrons. The summed E-state index contributed by atoms with van der Waals surface area (Å²) in [5, 5.41) is 12.7. The zero-order chi connectivity index (χ0) is 12.4. The first-order chi connectivity index (χ1) is 8.88. The van der Waals surface area contributed by atoms with Gasteiger partial charge >= 0.3 is 0 Å². The molecule has 3 rings (SSSR count). The van der Waals surface area contributed by atoms with Crippen molar-refractivity contribution in [2.45, 2.75) is 19.3 Å². The number of rotatable bonds is 1. The largest absolute Gasteiger partial charge is 0.454 e. The molecule has 5 nitrogen and oxygen atoms in total. The molecule has 1 aromatic carbocycles. The van der Waals surface area contributed by atoms with Crippen LogP contribution < -0.4 is 9.47 Å². The van der Waals surface area contributed by atoms with Gasteiger partial charge in [0.2, 0.25) is 6.79 Å². The number of piperidine rings is 1. The van der Waals surface area contributed by atoms with Crippen molar-refractivity contribution in [2.75, 3.05) is 19.9 Å². The summed E-state index contributed by atoms with van der Waals surface area (Å²) in [6, 6.07) is 5.62. The average molecular weight is 248 g/mol. The number of hydrogen-bond donors (Lipinski definition) is 1. The van der Waals surface area contributed by atoms with Crippen LogP contribution >= 0.6 is 0 Å². The topological polar surface area (TPSA) is 54.3 Å². The van der Waals surface area contributed by atoms with Crippen molar-refractivity contribution < 1.29 is 14.7 Å². The van der Waals surface area contributed by atoms with E-state index in [0.717, 1.165) is 37.2 Å². The fourth-order valence-corrected chi connectivity index (χ4v) is 2.44. The number of nitrogens with zero attached hydrogens (tertiary/aromatic N) is 2. The Morgan fingerprint density at radius 3 is 2.67 bits per heavy atom. The number of oxime groups is 1. The van der Waals surface area contributed by atoms with Gasteiger partial charge in [-0.1, -0.05) is 5.16 Å². The van der Waals surface area contributed by atoms with Gasteiger partial charge in [0.25, 0.3) is 0 Å². The first kappa shape index (κ1) is 11.2. The van der Waals surface area contributed by atoms with Crippen LogP contribution in [-0.4, -0.2) is 35.8 Å². The number of amidine groups is 1. The highest BCUT2D eigenvalue weighted by molar-refractivity contribution is 5.99.